The van der Waals surface area contributed by atoms with Crippen LogP contribution < -0.4 is 4.90 Å². The van der Waals surface area contributed by atoms with Crippen molar-refractivity contribution < 1.29 is 4.42 Å². The molecule has 14 rings (SSSR count). The number of para-hydroxylation sites is 1. The van der Waals surface area contributed by atoms with E-state index in [1.54, 1.807) is 0 Å². The molecule has 0 aliphatic carbocycles. The molecule has 14 aromatic rings. The summed E-state index contributed by atoms with van der Waals surface area (Å²) in [5.41, 5.74) is 16.8. The van der Waals surface area contributed by atoms with E-state index in [-0.39, 0.29) is 0 Å². The predicted molar refractivity (Wildman–Crippen MR) is 303 cm³/mol. The molecule has 0 radical (unpaired) electrons. The highest BCUT2D eigenvalue weighted by atomic mass is 32.1. The summed E-state index contributed by atoms with van der Waals surface area (Å²) in [5, 5.41) is 9.70. The van der Waals surface area contributed by atoms with Gasteiger partial charge in [0.15, 0.2) is 0 Å². The topological polar surface area (TPSA) is 16.4 Å². The van der Waals surface area contributed by atoms with Gasteiger partial charge in [0.25, 0.3) is 0 Å². The zero-order valence-electron chi connectivity index (χ0n) is 38.6. The van der Waals surface area contributed by atoms with Crippen LogP contribution in [0.25, 0.3) is 119 Å². The molecule has 0 aliphatic heterocycles. The van der Waals surface area contributed by atoms with E-state index >= 15 is 0 Å². The molecule has 0 saturated heterocycles. The monoisotopic (exact) mass is 921 g/mol. The molecule has 0 bridgehead atoms. The molecule has 71 heavy (non-hydrogen) atoms. The first-order chi connectivity index (χ1) is 35.2. The average Bonchev–Trinajstić information content (AvgIpc) is 4.03. The van der Waals surface area contributed by atoms with E-state index in [2.05, 4.69) is 260 Å². The fourth-order valence-electron chi connectivity index (χ4n) is 10.9. The van der Waals surface area contributed by atoms with Crippen LogP contribution in [0, 0.1) is 0 Å². The second-order valence-corrected chi connectivity index (χ2v) is 19.4. The van der Waals surface area contributed by atoms with Crippen molar-refractivity contribution in [1.82, 2.24) is 0 Å². The van der Waals surface area contributed by atoms with E-state index in [4.69, 9.17) is 4.42 Å². The molecule has 0 fully saturated rings. The van der Waals surface area contributed by atoms with Gasteiger partial charge in [-0.1, -0.05) is 200 Å². The van der Waals surface area contributed by atoms with Gasteiger partial charge in [0.2, 0.25) is 0 Å². The molecule has 12 aromatic carbocycles. The quantitative estimate of drug-likeness (QED) is 0.151. The van der Waals surface area contributed by atoms with Crippen molar-refractivity contribution in [3.63, 3.8) is 0 Å². The van der Waals surface area contributed by atoms with Gasteiger partial charge in [-0.05, 0) is 132 Å². The maximum absolute atomic E-state index is 6.37. The van der Waals surface area contributed by atoms with Gasteiger partial charge >= 0.3 is 0 Å². The molecule has 2 aromatic heterocycles. The molecule has 2 heterocycles. The summed E-state index contributed by atoms with van der Waals surface area (Å²) in [6.07, 6.45) is 0. The van der Waals surface area contributed by atoms with Crippen molar-refractivity contribution in [2.75, 3.05) is 4.90 Å². The van der Waals surface area contributed by atoms with Gasteiger partial charge < -0.3 is 9.32 Å². The Morgan fingerprint density at radius 1 is 0.296 bits per heavy atom. The van der Waals surface area contributed by atoms with Crippen molar-refractivity contribution in [1.29, 1.82) is 0 Å². The van der Waals surface area contributed by atoms with E-state index in [0.29, 0.717) is 0 Å². The normalized spacial score (nSPS) is 11.7. The zero-order chi connectivity index (χ0) is 46.8. The zero-order valence-corrected chi connectivity index (χ0v) is 39.4. The smallest absolute Gasteiger partial charge is 0.136 e. The van der Waals surface area contributed by atoms with Crippen LogP contribution in [0.5, 0.6) is 0 Å². The third-order valence-corrected chi connectivity index (χ3v) is 15.4. The summed E-state index contributed by atoms with van der Waals surface area (Å²) in [7, 11) is 0. The molecule has 0 spiro atoms. The first kappa shape index (κ1) is 41.0. The molecular weight excluding hydrogens is 879 g/mol. The average molecular weight is 922 g/mol. The Hall–Kier alpha value is -9.02. The molecule has 0 amide bonds. The number of benzene rings is 12. The minimum Gasteiger partial charge on any atom is -0.456 e. The lowest BCUT2D eigenvalue weighted by Gasteiger charge is -2.30. The molecule has 3 heteroatoms. The van der Waals surface area contributed by atoms with Gasteiger partial charge in [0, 0.05) is 43.2 Å². The van der Waals surface area contributed by atoms with Gasteiger partial charge in [0.1, 0.15) is 11.2 Å². The minimum atomic E-state index is 0.890. The van der Waals surface area contributed by atoms with Crippen LogP contribution in [0.15, 0.2) is 265 Å². The highest BCUT2D eigenvalue weighted by Gasteiger charge is 2.27. The minimum absolute atomic E-state index is 0.890. The summed E-state index contributed by atoms with van der Waals surface area (Å²) in [4.78, 5) is 2.51. The number of anilines is 3. The predicted octanol–water partition coefficient (Wildman–Crippen LogP) is 20.1. The highest BCUT2D eigenvalue weighted by Crippen LogP contribution is 2.54. The standard InChI is InChI=1S/C68H43NOS/c1-2-15-44(16-3-1)50-21-12-22-52(42-50)60-43-61(57-27-13-20-47-18-6-7-23-55(47)57)66-59-25-9-11-30-64(59)71-68(66)67(60)69(53-37-33-46(34-38-53)51-32-31-45-17-4-5-19-49(45)41-51)54-39-35-48(36-40-54)56-26-14-29-63-65(56)58-24-8-10-28-62(58)70-63/h1-43H. The van der Waals surface area contributed by atoms with E-state index in [1.165, 1.54) is 75.1 Å². The van der Waals surface area contributed by atoms with Crippen LogP contribution in [0.3, 0.4) is 0 Å². The van der Waals surface area contributed by atoms with Crippen LogP contribution in [0.2, 0.25) is 0 Å². The Labute approximate surface area is 415 Å². The van der Waals surface area contributed by atoms with Crippen molar-refractivity contribution in [2.45, 2.75) is 0 Å². The fourth-order valence-corrected chi connectivity index (χ4v) is 12.1. The lowest BCUT2D eigenvalue weighted by atomic mass is 9.89. The van der Waals surface area contributed by atoms with E-state index in [9.17, 15) is 0 Å². The maximum atomic E-state index is 6.37. The van der Waals surface area contributed by atoms with Crippen molar-refractivity contribution in [3.8, 4) is 55.6 Å². The molecule has 0 aliphatic rings. The summed E-state index contributed by atoms with van der Waals surface area (Å²) >= 11 is 1.88. The van der Waals surface area contributed by atoms with Gasteiger partial charge in [-0.3, -0.25) is 0 Å². The first-order valence-electron chi connectivity index (χ1n) is 24.2. The molecule has 0 N–H and O–H groups in total. The molecule has 332 valence electrons. The lowest BCUT2D eigenvalue weighted by molar-refractivity contribution is 0.669. The molecule has 0 saturated carbocycles. The van der Waals surface area contributed by atoms with Gasteiger partial charge in [-0.2, -0.15) is 0 Å². The number of hydrogen-bond donors (Lipinski definition) is 0. The Morgan fingerprint density at radius 3 is 1.69 bits per heavy atom. The Balaban J connectivity index is 1.05. The van der Waals surface area contributed by atoms with Crippen molar-refractivity contribution in [2.24, 2.45) is 0 Å². The third kappa shape index (κ3) is 7.01. The highest BCUT2D eigenvalue weighted by molar-refractivity contribution is 7.26. The lowest BCUT2D eigenvalue weighted by Crippen LogP contribution is -2.12. The summed E-state index contributed by atoms with van der Waals surface area (Å²) < 4.78 is 8.85. The molecule has 2 nitrogen and oxygen atoms in total. The Morgan fingerprint density at radius 2 is 0.859 bits per heavy atom. The summed E-state index contributed by atoms with van der Waals surface area (Å²) in [6.45, 7) is 0. The number of fused-ring (bicyclic) bond motifs is 8. The van der Waals surface area contributed by atoms with Crippen molar-refractivity contribution in [3.05, 3.63) is 261 Å². The van der Waals surface area contributed by atoms with E-state index < -0.39 is 0 Å². The maximum Gasteiger partial charge on any atom is 0.136 e. The summed E-state index contributed by atoms with van der Waals surface area (Å²) in [6, 6.07) is 95.2. The largest absolute Gasteiger partial charge is 0.456 e. The third-order valence-electron chi connectivity index (χ3n) is 14.3. The van der Waals surface area contributed by atoms with Crippen molar-refractivity contribution >= 4 is 92.1 Å². The van der Waals surface area contributed by atoms with Crippen LogP contribution in [0.4, 0.5) is 17.1 Å². The second-order valence-electron chi connectivity index (χ2n) is 18.4. The fraction of sp³-hybridized carbons (Fsp3) is 0. The number of furan rings is 1. The van der Waals surface area contributed by atoms with Gasteiger partial charge in [0.05, 0.1) is 10.4 Å². The van der Waals surface area contributed by atoms with Crippen LogP contribution in [0.1, 0.15) is 0 Å². The Bertz CT molecular complexity index is 4330. The van der Waals surface area contributed by atoms with Gasteiger partial charge in [-0.15, -0.1) is 11.3 Å². The number of nitrogens with zero attached hydrogens (tertiary/aromatic N) is 1. The second kappa shape index (κ2) is 16.9. The van der Waals surface area contributed by atoms with Crippen LogP contribution in [-0.4, -0.2) is 0 Å². The van der Waals surface area contributed by atoms with Crippen LogP contribution >= 0.6 is 11.3 Å². The molecule has 0 unspecified atom stereocenters. The first-order valence-corrected chi connectivity index (χ1v) is 25.0. The molecule has 0 atom stereocenters. The Kier molecular flexibility index (Phi) is 9.75. The number of thiophene rings is 1. The SMILES string of the molecule is c1ccc(-c2cccc(-c3cc(-c4cccc5ccccc45)c4c(sc5ccccc54)c3N(c3ccc(-c4ccc5ccccc5c4)cc3)c3ccc(-c4cccc5oc6ccccc6c45)cc3)c2)cc1. The van der Waals surface area contributed by atoms with Crippen LogP contribution in [-0.2, 0) is 0 Å². The summed E-state index contributed by atoms with van der Waals surface area (Å²) in [5.74, 6) is 0. The number of hydrogen-bond acceptors (Lipinski definition) is 3. The molecular formula is C68H43NOS. The van der Waals surface area contributed by atoms with E-state index in [0.717, 1.165) is 61.3 Å². The van der Waals surface area contributed by atoms with Gasteiger partial charge in [-0.25, -0.2) is 0 Å². The van der Waals surface area contributed by atoms with E-state index in [1.807, 2.05) is 17.4 Å². The number of rotatable bonds is 8.